The first-order valence-electron chi connectivity index (χ1n) is 7.23. The van der Waals surface area contributed by atoms with Gasteiger partial charge < -0.3 is 14.8 Å². The highest BCUT2D eigenvalue weighted by Gasteiger charge is 2.03. The fourth-order valence-corrected chi connectivity index (χ4v) is 2.07. The molecule has 1 amide bonds. The van der Waals surface area contributed by atoms with Gasteiger partial charge in [0.15, 0.2) is 0 Å². The largest absolute Gasteiger partial charge is 0.497 e. The third-order valence-electron chi connectivity index (χ3n) is 3.24. The number of rotatable bonds is 6. The van der Waals surface area contributed by atoms with Crippen LogP contribution in [0.3, 0.4) is 0 Å². The monoisotopic (exact) mass is 312 g/mol. The first-order chi connectivity index (χ1) is 11.1. The minimum Gasteiger partial charge on any atom is -0.497 e. The Morgan fingerprint density at radius 1 is 1.22 bits per heavy atom. The van der Waals surface area contributed by atoms with Crippen LogP contribution in [0, 0.1) is 6.92 Å². The van der Waals surface area contributed by atoms with Crippen LogP contribution in [-0.4, -0.2) is 25.1 Å². The molecule has 0 aliphatic carbocycles. The number of benzene rings is 1. The second-order valence-electron chi connectivity index (χ2n) is 4.93. The van der Waals surface area contributed by atoms with Gasteiger partial charge in [-0.25, -0.2) is 0 Å². The van der Waals surface area contributed by atoms with Gasteiger partial charge in [0.25, 0.3) is 0 Å². The van der Waals surface area contributed by atoms with Crippen LogP contribution in [0.15, 0.2) is 42.5 Å². The van der Waals surface area contributed by atoms with Crippen LogP contribution < -0.4 is 14.8 Å². The summed E-state index contributed by atoms with van der Waals surface area (Å²) in [6.07, 6.45) is 3.16. The predicted octanol–water partition coefficient (Wildman–Crippen LogP) is 2.74. The molecule has 2 aromatic rings. The Hall–Kier alpha value is -2.82. The zero-order chi connectivity index (χ0) is 16.7. The molecule has 23 heavy (non-hydrogen) atoms. The van der Waals surface area contributed by atoms with Crippen molar-refractivity contribution in [3.05, 3.63) is 59.4 Å². The lowest BCUT2D eigenvalue weighted by Crippen LogP contribution is -2.20. The summed E-state index contributed by atoms with van der Waals surface area (Å²) in [5.41, 5.74) is 2.52. The van der Waals surface area contributed by atoms with Gasteiger partial charge in [-0.15, -0.1) is 0 Å². The van der Waals surface area contributed by atoms with Gasteiger partial charge in [-0.3, -0.25) is 9.78 Å². The SMILES string of the molecule is COc1ccc(OC)c(/C=C/C(=O)NCc2cccc(C)n2)c1. The van der Waals surface area contributed by atoms with Crippen LogP contribution in [0.2, 0.25) is 0 Å². The molecule has 0 bridgehead atoms. The summed E-state index contributed by atoms with van der Waals surface area (Å²) in [6, 6.07) is 11.1. The van der Waals surface area contributed by atoms with Gasteiger partial charge in [0, 0.05) is 17.3 Å². The zero-order valence-electron chi connectivity index (χ0n) is 13.5. The minimum absolute atomic E-state index is 0.196. The number of aromatic nitrogens is 1. The molecule has 0 unspecified atom stereocenters. The van der Waals surface area contributed by atoms with E-state index in [2.05, 4.69) is 10.3 Å². The second-order valence-corrected chi connectivity index (χ2v) is 4.93. The third kappa shape index (κ3) is 4.85. The fourth-order valence-electron chi connectivity index (χ4n) is 2.07. The van der Waals surface area contributed by atoms with E-state index in [1.807, 2.05) is 31.2 Å². The highest BCUT2D eigenvalue weighted by atomic mass is 16.5. The number of carbonyl (C=O) groups is 1. The van der Waals surface area contributed by atoms with E-state index in [-0.39, 0.29) is 5.91 Å². The molecule has 1 aromatic heterocycles. The topological polar surface area (TPSA) is 60.5 Å². The van der Waals surface area contributed by atoms with Crippen LogP contribution in [0.25, 0.3) is 6.08 Å². The van der Waals surface area contributed by atoms with Crippen molar-refractivity contribution < 1.29 is 14.3 Å². The van der Waals surface area contributed by atoms with Gasteiger partial charge in [0.05, 0.1) is 26.5 Å². The Balaban J connectivity index is 2.00. The number of carbonyl (C=O) groups excluding carboxylic acids is 1. The lowest BCUT2D eigenvalue weighted by Gasteiger charge is -2.07. The smallest absolute Gasteiger partial charge is 0.244 e. The van der Waals surface area contributed by atoms with Crippen LogP contribution in [0.4, 0.5) is 0 Å². The van der Waals surface area contributed by atoms with Crippen molar-refractivity contribution in [1.82, 2.24) is 10.3 Å². The second kappa shape index (κ2) is 7.98. The summed E-state index contributed by atoms with van der Waals surface area (Å²) in [5, 5.41) is 2.80. The summed E-state index contributed by atoms with van der Waals surface area (Å²) in [4.78, 5) is 16.3. The molecule has 5 heteroatoms. The van der Waals surface area contributed by atoms with Gasteiger partial charge in [-0.1, -0.05) is 6.07 Å². The van der Waals surface area contributed by atoms with E-state index in [1.165, 1.54) is 6.08 Å². The average Bonchev–Trinajstić information content (AvgIpc) is 2.57. The van der Waals surface area contributed by atoms with E-state index in [1.54, 1.807) is 32.4 Å². The Labute approximate surface area is 136 Å². The van der Waals surface area contributed by atoms with E-state index >= 15 is 0 Å². The third-order valence-corrected chi connectivity index (χ3v) is 3.24. The van der Waals surface area contributed by atoms with E-state index < -0.39 is 0 Å². The molecule has 0 aliphatic rings. The first kappa shape index (κ1) is 16.5. The van der Waals surface area contributed by atoms with Crippen molar-refractivity contribution in [3.8, 4) is 11.5 Å². The lowest BCUT2D eigenvalue weighted by atomic mass is 10.1. The summed E-state index contributed by atoms with van der Waals surface area (Å²) >= 11 is 0. The quantitative estimate of drug-likeness (QED) is 0.833. The number of amides is 1. The average molecular weight is 312 g/mol. The maximum absolute atomic E-state index is 11.9. The predicted molar refractivity (Wildman–Crippen MR) is 89.4 cm³/mol. The van der Waals surface area contributed by atoms with Crippen molar-refractivity contribution >= 4 is 12.0 Å². The molecule has 1 aromatic carbocycles. The molecule has 120 valence electrons. The number of methoxy groups -OCH3 is 2. The molecule has 1 heterocycles. The van der Waals surface area contributed by atoms with Crippen LogP contribution >= 0.6 is 0 Å². The number of nitrogens with zero attached hydrogens (tertiary/aromatic N) is 1. The number of hydrogen-bond acceptors (Lipinski definition) is 4. The molecular weight excluding hydrogens is 292 g/mol. The molecule has 0 aliphatic heterocycles. The van der Waals surface area contributed by atoms with Gasteiger partial charge in [-0.05, 0) is 43.3 Å². The van der Waals surface area contributed by atoms with Crippen molar-refractivity contribution in [2.45, 2.75) is 13.5 Å². The molecule has 0 radical (unpaired) electrons. The molecule has 5 nitrogen and oxygen atoms in total. The Morgan fingerprint density at radius 2 is 2.04 bits per heavy atom. The van der Waals surface area contributed by atoms with Crippen molar-refractivity contribution in [3.63, 3.8) is 0 Å². The Bertz CT molecular complexity index is 711. The highest BCUT2D eigenvalue weighted by molar-refractivity contribution is 5.92. The van der Waals surface area contributed by atoms with Gasteiger partial charge in [0.1, 0.15) is 11.5 Å². The Morgan fingerprint density at radius 3 is 2.74 bits per heavy atom. The summed E-state index contributed by atoms with van der Waals surface area (Å²) in [6.45, 7) is 2.31. The molecule has 0 spiro atoms. The van der Waals surface area contributed by atoms with E-state index in [9.17, 15) is 4.79 Å². The van der Waals surface area contributed by atoms with E-state index in [4.69, 9.17) is 9.47 Å². The van der Waals surface area contributed by atoms with Crippen molar-refractivity contribution in [1.29, 1.82) is 0 Å². The molecule has 2 rings (SSSR count). The molecule has 1 N–H and O–H groups in total. The molecule has 0 fully saturated rings. The van der Waals surface area contributed by atoms with E-state index in [0.29, 0.717) is 18.0 Å². The summed E-state index contributed by atoms with van der Waals surface area (Å²) in [5.74, 6) is 1.18. The maximum Gasteiger partial charge on any atom is 0.244 e. The van der Waals surface area contributed by atoms with Gasteiger partial charge in [-0.2, -0.15) is 0 Å². The first-order valence-corrected chi connectivity index (χ1v) is 7.23. The van der Waals surface area contributed by atoms with Crippen molar-refractivity contribution in [2.75, 3.05) is 14.2 Å². The van der Waals surface area contributed by atoms with Crippen LogP contribution in [-0.2, 0) is 11.3 Å². The molecular formula is C18H20N2O3. The molecule has 0 saturated carbocycles. The highest BCUT2D eigenvalue weighted by Crippen LogP contribution is 2.24. The minimum atomic E-state index is -0.196. The summed E-state index contributed by atoms with van der Waals surface area (Å²) < 4.78 is 10.5. The molecule has 0 saturated heterocycles. The number of nitrogens with one attached hydrogen (secondary N) is 1. The number of pyridine rings is 1. The number of hydrogen-bond donors (Lipinski definition) is 1. The molecule has 0 atom stereocenters. The summed E-state index contributed by atoms with van der Waals surface area (Å²) in [7, 11) is 3.18. The van der Waals surface area contributed by atoms with Crippen LogP contribution in [0.5, 0.6) is 11.5 Å². The van der Waals surface area contributed by atoms with Gasteiger partial charge in [0.2, 0.25) is 5.91 Å². The van der Waals surface area contributed by atoms with Gasteiger partial charge >= 0.3 is 0 Å². The number of aryl methyl sites for hydroxylation is 1. The van der Waals surface area contributed by atoms with Crippen molar-refractivity contribution in [2.24, 2.45) is 0 Å². The normalized spacial score (nSPS) is 10.6. The Kier molecular flexibility index (Phi) is 5.74. The zero-order valence-corrected chi connectivity index (χ0v) is 13.5. The standard InChI is InChI=1S/C18H20N2O3/c1-13-5-4-6-15(20-13)12-19-18(21)10-7-14-11-16(22-2)8-9-17(14)23-3/h4-11H,12H2,1-3H3,(H,19,21)/b10-7+. The lowest BCUT2D eigenvalue weighted by molar-refractivity contribution is -0.116. The fraction of sp³-hybridized carbons (Fsp3) is 0.222. The van der Waals surface area contributed by atoms with Crippen LogP contribution in [0.1, 0.15) is 17.0 Å². The van der Waals surface area contributed by atoms with E-state index in [0.717, 1.165) is 17.0 Å². The maximum atomic E-state index is 11.9. The number of ether oxygens (including phenoxy) is 2.